The van der Waals surface area contributed by atoms with E-state index in [0.29, 0.717) is 16.9 Å². The standard InChI is InChI=1S/C23H22N6O5/c24-20-19-21(28(13-25-19)18-11-16(31)17(12-30)33-18)27-22(26-20)34-23(32)29(14-7-3-1-4-8-14)15-9-5-2-6-10-15/h1-10,13,16-18,30-31H,11-12H2,(H2,24,26,27)/t16-,17+,18+/m0/s1. The Morgan fingerprint density at radius 3 is 2.35 bits per heavy atom. The van der Waals surface area contributed by atoms with E-state index in [1.807, 2.05) is 36.4 Å². The SMILES string of the molecule is Nc1nc(OC(=O)N(c2ccccc2)c2ccccc2)nc2c1ncn2[C@H]1C[C@H](O)[C@@H](CO)O1. The second kappa shape index (κ2) is 9.06. The van der Waals surface area contributed by atoms with Gasteiger partial charge in [0.2, 0.25) is 0 Å². The number of aromatic nitrogens is 4. The third kappa shape index (κ3) is 4.03. The second-order valence-electron chi connectivity index (χ2n) is 7.70. The van der Waals surface area contributed by atoms with Gasteiger partial charge in [0, 0.05) is 6.42 Å². The van der Waals surface area contributed by atoms with Crippen molar-refractivity contribution in [3.8, 4) is 6.01 Å². The van der Waals surface area contributed by atoms with Crippen LogP contribution < -0.4 is 15.4 Å². The minimum atomic E-state index is -0.839. The lowest BCUT2D eigenvalue weighted by atomic mass is 10.2. The summed E-state index contributed by atoms with van der Waals surface area (Å²) in [5.74, 6) is 0.0229. The molecule has 0 radical (unpaired) electrons. The number of fused-ring (bicyclic) bond motifs is 1. The zero-order valence-electron chi connectivity index (χ0n) is 17.9. The molecule has 4 aromatic rings. The number of hydrogen-bond donors (Lipinski definition) is 3. The number of aliphatic hydroxyl groups excluding tert-OH is 2. The van der Waals surface area contributed by atoms with Crippen molar-refractivity contribution >= 4 is 34.4 Å². The predicted octanol–water partition coefficient (Wildman–Crippen LogP) is 2.39. The maximum absolute atomic E-state index is 13.2. The van der Waals surface area contributed by atoms with Gasteiger partial charge in [-0.1, -0.05) is 36.4 Å². The van der Waals surface area contributed by atoms with E-state index >= 15 is 0 Å². The fraction of sp³-hybridized carbons (Fsp3) is 0.217. The van der Waals surface area contributed by atoms with Gasteiger partial charge in [-0.3, -0.25) is 4.57 Å². The van der Waals surface area contributed by atoms with Gasteiger partial charge in [0.25, 0.3) is 0 Å². The highest BCUT2D eigenvalue weighted by Crippen LogP contribution is 2.32. The van der Waals surface area contributed by atoms with Crippen molar-refractivity contribution in [2.24, 2.45) is 0 Å². The van der Waals surface area contributed by atoms with Crippen molar-refractivity contribution in [3.05, 3.63) is 67.0 Å². The van der Waals surface area contributed by atoms with E-state index in [9.17, 15) is 15.0 Å². The van der Waals surface area contributed by atoms with Gasteiger partial charge < -0.3 is 25.4 Å². The molecule has 34 heavy (non-hydrogen) atoms. The number of nitrogens with two attached hydrogens (primary N) is 1. The molecule has 1 aliphatic heterocycles. The summed E-state index contributed by atoms with van der Waals surface area (Å²) >= 11 is 0. The molecule has 1 fully saturated rings. The lowest BCUT2D eigenvalue weighted by Gasteiger charge is -2.21. The van der Waals surface area contributed by atoms with Gasteiger partial charge in [0.05, 0.1) is 30.4 Å². The first kappa shape index (κ1) is 21.8. The molecule has 0 spiro atoms. The van der Waals surface area contributed by atoms with Crippen LogP contribution in [-0.4, -0.2) is 54.6 Å². The molecule has 0 unspecified atom stereocenters. The Morgan fingerprint density at radius 1 is 1.12 bits per heavy atom. The average Bonchev–Trinajstić information content (AvgIpc) is 3.44. The molecule has 2 aromatic heterocycles. The molecule has 174 valence electrons. The highest BCUT2D eigenvalue weighted by atomic mass is 16.6. The van der Waals surface area contributed by atoms with Crippen LogP contribution in [0.4, 0.5) is 22.0 Å². The van der Waals surface area contributed by atoms with Gasteiger partial charge in [-0.25, -0.2) is 14.7 Å². The molecule has 2 aromatic carbocycles. The first-order chi connectivity index (χ1) is 16.5. The van der Waals surface area contributed by atoms with Crippen molar-refractivity contribution < 1.29 is 24.5 Å². The van der Waals surface area contributed by atoms with E-state index in [-0.39, 0.29) is 30.5 Å². The predicted molar refractivity (Wildman–Crippen MR) is 122 cm³/mol. The van der Waals surface area contributed by atoms with Crippen molar-refractivity contribution in [2.75, 3.05) is 17.2 Å². The number of carbonyl (C=O) groups excluding carboxylic acids is 1. The Kier molecular flexibility index (Phi) is 5.80. The van der Waals surface area contributed by atoms with Gasteiger partial charge in [-0.2, -0.15) is 9.97 Å². The van der Waals surface area contributed by atoms with E-state index in [0.717, 1.165) is 0 Å². The number of imidazole rings is 1. The number of rotatable bonds is 5. The highest BCUT2D eigenvalue weighted by Gasteiger charge is 2.35. The lowest BCUT2D eigenvalue weighted by molar-refractivity contribution is -0.0432. The van der Waals surface area contributed by atoms with E-state index in [1.54, 1.807) is 28.8 Å². The molecule has 4 N–H and O–H groups in total. The minimum Gasteiger partial charge on any atom is -0.394 e. The van der Waals surface area contributed by atoms with Crippen LogP contribution in [0, 0.1) is 0 Å². The highest BCUT2D eigenvalue weighted by molar-refractivity contribution is 5.97. The van der Waals surface area contributed by atoms with Crippen molar-refractivity contribution in [3.63, 3.8) is 0 Å². The summed E-state index contributed by atoms with van der Waals surface area (Å²) in [6.07, 6.45) is -1.22. The number of hydrogen-bond acceptors (Lipinski definition) is 9. The minimum absolute atomic E-state index is 0.0229. The first-order valence-corrected chi connectivity index (χ1v) is 10.6. The quantitative estimate of drug-likeness (QED) is 0.406. The molecule has 1 amide bonds. The van der Waals surface area contributed by atoms with E-state index < -0.39 is 24.5 Å². The molecule has 1 aliphatic rings. The van der Waals surface area contributed by atoms with Crippen LogP contribution in [0.15, 0.2) is 67.0 Å². The number of ether oxygens (including phenoxy) is 2. The monoisotopic (exact) mass is 462 g/mol. The molecule has 11 heteroatoms. The molecule has 0 bridgehead atoms. The summed E-state index contributed by atoms with van der Waals surface area (Å²) < 4.78 is 12.8. The molecule has 3 atom stereocenters. The molecule has 0 aliphatic carbocycles. The van der Waals surface area contributed by atoms with Crippen LogP contribution in [0.2, 0.25) is 0 Å². The molecule has 3 heterocycles. The second-order valence-corrected chi connectivity index (χ2v) is 7.70. The normalized spacial score (nSPS) is 19.9. The lowest BCUT2D eigenvalue weighted by Crippen LogP contribution is -2.29. The smallest absolute Gasteiger partial charge is 0.394 e. The van der Waals surface area contributed by atoms with Gasteiger partial charge in [0.15, 0.2) is 17.0 Å². The summed E-state index contributed by atoms with van der Waals surface area (Å²) in [7, 11) is 0. The molecule has 5 rings (SSSR count). The van der Waals surface area contributed by atoms with Gasteiger partial charge >= 0.3 is 12.1 Å². The fourth-order valence-corrected chi connectivity index (χ4v) is 3.86. The summed E-state index contributed by atoms with van der Waals surface area (Å²) in [5, 5.41) is 19.5. The molecular weight excluding hydrogens is 440 g/mol. The average molecular weight is 462 g/mol. The Hall–Kier alpha value is -4.06. The maximum Gasteiger partial charge on any atom is 0.426 e. The molecule has 0 saturated carbocycles. The Labute approximate surface area is 194 Å². The number of nitrogen functional groups attached to an aromatic ring is 1. The largest absolute Gasteiger partial charge is 0.426 e. The fourth-order valence-electron chi connectivity index (χ4n) is 3.86. The zero-order valence-corrected chi connectivity index (χ0v) is 17.9. The molecular formula is C23H22N6O5. The van der Waals surface area contributed by atoms with Crippen LogP contribution in [0.3, 0.4) is 0 Å². The van der Waals surface area contributed by atoms with Crippen molar-refractivity contribution in [2.45, 2.75) is 24.9 Å². The van der Waals surface area contributed by atoms with Crippen molar-refractivity contribution in [1.82, 2.24) is 19.5 Å². The number of para-hydroxylation sites is 2. The van der Waals surface area contributed by atoms with Crippen LogP contribution in [0.1, 0.15) is 12.6 Å². The first-order valence-electron chi connectivity index (χ1n) is 10.6. The zero-order chi connectivity index (χ0) is 23.7. The van der Waals surface area contributed by atoms with Crippen LogP contribution in [0.5, 0.6) is 6.01 Å². The summed E-state index contributed by atoms with van der Waals surface area (Å²) in [6.45, 7) is -0.320. The molecule has 11 nitrogen and oxygen atoms in total. The Balaban J connectivity index is 1.48. The Morgan fingerprint density at radius 2 is 1.76 bits per heavy atom. The van der Waals surface area contributed by atoms with Gasteiger partial charge in [0.1, 0.15) is 12.3 Å². The number of anilines is 3. The third-order valence-corrected chi connectivity index (χ3v) is 5.51. The topological polar surface area (TPSA) is 149 Å². The summed E-state index contributed by atoms with van der Waals surface area (Å²) in [4.78, 5) is 27.3. The van der Waals surface area contributed by atoms with E-state index in [1.165, 1.54) is 11.2 Å². The summed E-state index contributed by atoms with van der Waals surface area (Å²) in [6, 6.07) is 17.8. The number of benzene rings is 2. The van der Waals surface area contributed by atoms with Crippen LogP contribution in [-0.2, 0) is 4.74 Å². The number of aliphatic hydroxyl groups is 2. The van der Waals surface area contributed by atoms with E-state index in [2.05, 4.69) is 15.0 Å². The summed E-state index contributed by atoms with van der Waals surface area (Å²) in [5.41, 5.74) is 7.83. The number of amides is 1. The van der Waals surface area contributed by atoms with Gasteiger partial charge in [-0.15, -0.1) is 0 Å². The van der Waals surface area contributed by atoms with E-state index in [4.69, 9.17) is 15.2 Å². The van der Waals surface area contributed by atoms with Gasteiger partial charge in [-0.05, 0) is 24.3 Å². The molecule has 1 saturated heterocycles. The maximum atomic E-state index is 13.2. The van der Waals surface area contributed by atoms with Crippen LogP contribution in [0.25, 0.3) is 11.2 Å². The Bertz CT molecular complexity index is 1260. The third-order valence-electron chi connectivity index (χ3n) is 5.51. The van der Waals surface area contributed by atoms with Crippen LogP contribution >= 0.6 is 0 Å². The number of carbonyl (C=O) groups is 1. The van der Waals surface area contributed by atoms with Crippen molar-refractivity contribution in [1.29, 1.82) is 0 Å². The number of nitrogens with zero attached hydrogens (tertiary/aromatic N) is 5.